The lowest BCUT2D eigenvalue weighted by Gasteiger charge is -2.34. The van der Waals surface area contributed by atoms with E-state index in [1.807, 2.05) is 13.8 Å². The van der Waals surface area contributed by atoms with E-state index in [-0.39, 0.29) is 29.1 Å². The van der Waals surface area contributed by atoms with Crippen LogP contribution in [0.4, 0.5) is 24.9 Å². The van der Waals surface area contributed by atoms with E-state index >= 15 is 0 Å². The lowest BCUT2D eigenvalue weighted by molar-refractivity contribution is -0.259. The predicted octanol–water partition coefficient (Wildman–Crippen LogP) is 2.70. The van der Waals surface area contributed by atoms with Crippen LogP contribution in [0.3, 0.4) is 0 Å². The van der Waals surface area contributed by atoms with Gasteiger partial charge in [-0.2, -0.15) is 23.3 Å². The molecule has 0 spiro atoms. The molecule has 0 unspecified atom stereocenters. The highest BCUT2D eigenvalue weighted by atomic mass is 19.4. The molecule has 3 rings (SSSR count). The molecule has 2 aromatic rings. The predicted molar refractivity (Wildman–Crippen MR) is 96.7 cm³/mol. The van der Waals surface area contributed by atoms with E-state index in [4.69, 9.17) is 15.2 Å². The van der Waals surface area contributed by atoms with Crippen LogP contribution in [0.2, 0.25) is 0 Å². The number of nitrogens with two attached hydrogens (primary N) is 1. The quantitative estimate of drug-likeness (QED) is 0.814. The monoisotopic (exact) mass is 400 g/mol. The number of halogens is 3. The molecule has 1 fully saturated rings. The zero-order chi connectivity index (χ0) is 20.7. The Morgan fingerprint density at radius 3 is 2.50 bits per heavy atom. The molecule has 0 aliphatic carbocycles. The zero-order valence-corrected chi connectivity index (χ0v) is 16.1. The molecule has 8 nitrogen and oxygen atoms in total. The van der Waals surface area contributed by atoms with Crippen LogP contribution in [0.5, 0.6) is 0 Å². The first-order valence-corrected chi connectivity index (χ1v) is 8.74. The van der Waals surface area contributed by atoms with Crippen molar-refractivity contribution in [2.45, 2.75) is 45.2 Å². The maximum Gasteiger partial charge on any atom is 0.393 e. The average Bonchev–Trinajstić information content (AvgIpc) is 2.96. The summed E-state index contributed by atoms with van der Waals surface area (Å²) >= 11 is 0. The Hall–Kier alpha value is -2.40. The van der Waals surface area contributed by atoms with Gasteiger partial charge in [0.25, 0.3) is 0 Å². The van der Waals surface area contributed by atoms with Crippen molar-refractivity contribution in [1.29, 1.82) is 0 Å². The first kappa shape index (κ1) is 20.3. The van der Waals surface area contributed by atoms with E-state index in [1.165, 1.54) is 7.05 Å². The number of hydrogen-bond donors (Lipinski definition) is 2. The number of alkyl halides is 3. The molecule has 3 N–H and O–H groups in total. The number of aromatic nitrogens is 4. The second-order valence-corrected chi connectivity index (χ2v) is 7.08. The Morgan fingerprint density at radius 2 is 1.93 bits per heavy atom. The number of nitrogen functional groups attached to an aromatic ring is 1. The van der Waals surface area contributed by atoms with Gasteiger partial charge in [0.05, 0.1) is 37.1 Å². The third-order valence-electron chi connectivity index (χ3n) is 4.43. The van der Waals surface area contributed by atoms with Gasteiger partial charge in [-0.15, -0.1) is 0 Å². The summed E-state index contributed by atoms with van der Waals surface area (Å²) in [6, 6.07) is -0.200. The van der Waals surface area contributed by atoms with Gasteiger partial charge in [-0.1, -0.05) is 0 Å². The van der Waals surface area contributed by atoms with Crippen molar-refractivity contribution in [3.05, 3.63) is 17.5 Å². The fourth-order valence-corrected chi connectivity index (χ4v) is 3.04. The lowest BCUT2D eigenvalue weighted by atomic mass is 10.0. The molecule has 0 bridgehead atoms. The highest BCUT2D eigenvalue weighted by Gasteiger charge is 2.34. The molecule has 0 atom stereocenters. The SMILES string of the molecule is CNc1nc(N)nc(-c2cn(C3COC(C)(C)OC3)nc2C)c1CC(F)(F)F. The van der Waals surface area contributed by atoms with Gasteiger partial charge in [-0.25, -0.2) is 4.98 Å². The van der Waals surface area contributed by atoms with Crippen LogP contribution in [0, 0.1) is 6.92 Å². The van der Waals surface area contributed by atoms with Gasteiger partial charge in [0.1, 0.15) is 5.82 Å². The third-order valence-corrected chi connectivity index (χ3v) is 4.43. The molecular weight excluding hydrogens is 377 g/mol. The third kappa shape index (κ3) is 4.36. The summed E-state index contributed by atoms with van der Waals surface area (Å²) in [4.78, 5) is 7.98. The Labute approximate surface area is 160 Å². The van der Waals surface area contributed by atoms with Gasteiger partial charge in [0.15, 0.2) is 5.79 Å². The average molecular weight is 400 g/mol. The lowest BCUT2D eigenvalue weighted by Crippen LogP contribution is -2.40. The van der Waals surface area contributed by atoms with E-state index in [2.05, 4.69) is 20.4 Å². The molecule has 28 heavy (non-hydrogen) atoms. The van der Waals surface area contributed by atoms with Gasteiger partial charge in [-0.05, 0) is 20.8 Å². The molecule has 3 heterocycles. The molecule has 0 radical (unpaired) electrons. The number of hydrogen-bond acceptors (Lipinski definition) is 7. The van der Waals surface area contributed by atoms with E-state index in [0.717, 1.165) is 0 Å². The smallest absolute Gasteiger partial charge is 0.373 e. The molecule has 2 aromatic heterocycles. The first-order chi connectivity index (χ1) is 13.0. The van der Waals surface area contributed by atoms with E-state index in [0.29, 0.717) is 24.5 Å². The summed E-state index contributed by atoms with van der Waals surface area (Å²) in [5.74, 6) is -0.758. The van der Waals surface area contributed by atoms with Crippen molar-refractivity contribution in [2.24, 2.45) is 0 Å². The number of nitrogens with zero attached hydrogens (tertiary/aromatic N) is 4. The van der Waals surface area contributed by atoms with Gasteiger partial charge in [0.2, 0.25) is 5.95 Å². The topological polar surface area (TPSA) is 100 Å². The van der Waals surface area contributed by atoms with E-state index in [1.54, 1.807) is 17.8 Å². The Bertz CT molecular complexity index is 855. The van der Waals surface area contributed by atoms with Gasteiger partial charge >= 0.3 is 6.18 Å². The fourth-order valence-electron chi connectivity index (χ4n) is 3.04. The minimum atomic E-state index is -4.43. The molecule has 11 heteroatoms. The van der Waals surface area contributed by atoms with Crippen LogP contribution in [0.1, 0.15) is 31.1 Å². The number of nitrogens with one attached hydrogen (secondary N) is 1. The number of aryl methyl sites for hydroxylation is 1. The second-order valence-electron chi connectivity index (χ2n) is 7.08. The fraction of sp³-hybridized carbons (Fsp3) is 0.588. The van der Waals surface area contributed by atoms with Gasteiger partial charge in [0, 0.05) is 24.4 Å². The standard InChI is InChI=1S/C17H23F3N6O2/c1-9-12(6-26(25-9)10-7-27-16(2,3)28-8-10)13-11(5-17(18,19)20)14(22-4)24-15(21)23-13/h6,10H,5,7-8H2,1-4H3,(H3,21,22,23,24). The summed E-state index contributed by atoms with van der Waals surface area (Å²) in [6.07, 6.45) is -3.97. The van der Waals surface area contributed by atoms with Crippen LogP contribution in [0.25, 0.3) is 11.3 Å². The normalized spacial score (nSPS) is 17.7. The number of rotatable bonds is 4. The van der Waals surface area contributed by atoms with Crippen molar-refractivity contribution in [3.8, 4) is 11.3 Å². The molecule has 0 amide bonds. The second kappa shape index (κ2) is 7.21. The maximum atomic E-state index is 13.2. The highest BCUT2D eigenvalue weighted by molar-refractivity contribution is 5.71. The first-order valence-electron chi connectivity index (χ1n) is 8.74. The molecule has 0 aromatic carbocycles. The Kier molecular flexibility index (Phi) is 5.24. The van der Waals surface area contributed by atoms with Crippen molar-refractivity contribution in [3.63, 3.8) is 0 Å². The Morgan fingerprint density at radius 1 is 1.29 bits per heavy atom. The Balaban J connectivity index is 2.02. The summed E-state index contributed by atoms with van der Waals surface area (Å²) < 4.78 is 52.4. The molecule has 1 saturated heterocycles. The van der Waals surface area contributed by atoms with Gasteiger partial charge in [-0.3, -0.25) is 4.68 Å². The van der Waals surface area contributed by atoms with Crippen LogP contribution in [-0.4, -0.2) is 52.0 Å². The largest absolute Gasteiger partial charge is 0.393 e. The van der Waals surface area contributed by atoms with Crippen molar-refractivity contribution < 1.29 is 22.6 Å². The number of anilines is 2. The molecule has 0 saturated carbocycles. The highest BCUT2D eigenvalue weighted by Crippen LogP contribution is 2.35. The molecule has 1 aliphatic heterocycles. The zero-order valence-electron chi connectivity index (χ0n) is 16.1. The van der Waals surface area contributed by atoms with Crippen molar-refractivity contribution in [2.75, 3.05) is 31.3 Å². The summed E-state index contributed by atoms with van der Waals surface area (Å²) in [5.41, 5.74) is 6.73. The maximum absolute atomic E-state index is 13.2. The number of ether oxygens (including phenoxy) is 2. The molecule has 1 aliphatic rings. The minimum absolute atomic E-state index is 0.0399. The summed E-state index contributed by atoms with van der Waals surface area (Å²) in [7, 11) is 1.49. The van der Waals surface area contributed by atoms with Crippen LogP contribution >= 0.6 is 0 Å². The van der Waals surface area contributed by atoms with Crippen LogP contribution in [-0.2, 0) is 15.9 Å². The van der Waals surface area contributed by atoms with E-state index < -0.39 is 18.4 Å². The minimum Gasteiger partial charge on any atom is -0.373 e. The van der Waals surface area contributed by atoms with E-state index in [9.17, 15) is 13.2 Å². The summed E-state index contributed by atoms with van der Waals surface area (Å²) in [6.45, 7) is 6.08. The molecular formula is C17H23F3N6O2. The van der Waals surface area contributed by atoms with Crippen LogP contribution < -0.4 is 11.1 Å². The summed E-state index contributed by atoms with van der Waals surface area (Å²) in [5, 5.41) is 7.10. The molecule has 154 valence electrons. The van der Waals surface area contributed by atoms with Crippen LogP contribution in [0.15, 0.2) is 6.20 Å². The van der Waals surface area contributed by atoms with Crippen molar-refractivity contribution in [1.82, 2.24) is 19.7 Å². The van der Waals surface area contributed by atoms with Crippen molar-refractivity contribution >= 4 is 11.8 Å². The van der Waals surface area contributed by atoms with Gasteiger partial charge < -0.3 is 20.5 Å².